The Morgan fingerprint density at radius 2 is 1.63 bits per heavy atom. The first-order valence-corrected chi connectivity index (χ1v) is 9.04. The number of para-hydroxylation sites is 1. The van der Waals surface area contributed by atoms with Crippen LogP contribution in [0.2, 0.25) is 0 Å². The molecular formula is C22H19NO4. The van der Waals surface area contributed by atoms with Crippen LogP contribution < -0.4 is 4.90 Å². The van der Waals surface area contributed by atoms with Gasteiger partial charge in [-0.05, 0) is 18.6 Å². The highest BCUT2D eigenvalue weighted by Gasteiger charge is 2.72. The van der Waals surface area contributed by atoms with Gasteiger partial charge in [0.25, 0.3) is 0 Å². The molecule has 5 rings (SSSR count). The zero-order valence-electron chi connectivity index (χ0n) is 14.8. The number of amides is 2. The van der Waals surface area contributed by atoms with Crippen molar-refractivity contribution in [3.8, 4) is 11.1 Å². The van der Waals surface area contributed by atoms with Gasteiger partial charge in [0.15, 0.2) is 0 Å². The van der Waals surface area contributed by atoms with Crippen LogP contribution in [0.5, 0.6) is 0 Å². The molecule has 136 valence electrons. The van der Waals surface area contributed by atoms with Crippen LogP contribution in [0.15, 0.2) is 66.7 Å². The van der Waals surface area contributed by atoms with Gasteiger partial charge >= 0.3 is 0 Å². The van der Waals surface area contributed by atoms with Crippen molar-refractivity contribution in [3.05, 3.63) is 66.7 Å². The van der Waals surface area contributed by atoms with Gasteiger partial charge in [-0.1, -0.05) is 60.7 Å². The van der Waals surface area contributed by atoms with E-state index in [1.807, 2.05) is 61.5 Å². The van der Waals surface area contributed by atoms with Crippen LogP contribution >= 0.6 is 0 Å². The number of hydrogen-bond donors (Lipinski definition) is 1. The van der Waals surface area contributed by atoms with Gasteiger partial charge < -0.3 is 9.84 Å². The van der Waals surface area contributed by atoms with Crippen LogP contribution in [0.3, 0.4) is 0 Å². The largest absolute Gasteiger partial charge is 0.393 e. The van der Waals surface area contributed by atoms with Crippen molar-refractivity contribution in [3.63, 3.8) is 0 Å². The molecule has 2 saturated heterocycles. The van der Waals surface area contributed by atoms with Crippen LogP contribution in [0, 0.1) is 11.8 Å². The number of carbonyl (C=O) groups is 2. The SMILES string of the molecule is C[C@]12C=C[C@](CO)(O1)[C@H]1C(=O)N(c3ccccc3-c3ccccc3)C(=O)[C@@H]12. The molecule has 0 unspecified atom stereocenters. The Bertz CT molecular complexity index is 985. The van der Waals surface area contributed by atoms with E-state index in [0.717, 1.165) is 11.1 Å². The highest BCUT2D eigenvalue weighted by molar-refractivity contribution is 6.24. The molecule has 4 atom stereocenters. The van der Waals surface area contributed by atoms with Crippen molar-refractivity contribution in [2.24, 2.45) is 11.8 Å². The number of ether oxygens (including phenoxy) is 1. The fourth-order valence-corrected chi connectivity index (χ4v) is 4.81. The summed E-state index contributed by atoms with van der Waals surface area (Å²) in [5.41, 5.74) is 0.360. The van der Waals surface area contributed by atoms with Crippen LogP contribution in [0.1, 0.15) is 6.92 Å². The van der Waals surface area contributed by atoms with E-state index in [0.29, 0.717) is 5.69 Å². The first-order chi connectivity index (χ1) is 13.0. The zero-order chi connectivity index (χ0) is 18.8. The van der Waals surface area contributed by atoms with Crippen LogP contribution in [-0.4, -0.2) is 34.7 Å². The molecule has 3 heterocycles. The molecule has 3 aliphatic rings. The molecule has 2 aromatic rings. The van der Waals surface area contributed by atoms with Crippen molar-refractivity contribution in [2.75, 3.05) is 11.5 Å². The molecule has 5 heteroatoms. The maximum absolute atomic E-state index is 13.4. The van der Waals surface area contributed by atoms with Gasteiger partial charge in [0.05, 0.1) is 29.7 Å². The second kappa shape index (κ2) is 5.38. The maximum Gasteiger partial charge on any atom is 0.241 e. The lowest BCUT2D eigenvalue weighted by atomic mass is 9.73. The van der Waals surface area contributed by atoms with Gasteiger partial charge in [-0.25, -0.2) is 4.90 Å². The lowest BCUT2D eigenvalue weighted by Gasteiger charge is -2.27. The predicted octanol–water partition coefficient (Wildman–Crippen LogP) is 2.55. The maximum atomic E-state index is 13.4. The highest BCUT2D eigenvalue weighted by atomic mass is 16.5. The topological polar surface area (TPSA) is 66.8 Å². The average molecular weight is 361 g/mol. The van der Waals surface area contributed by atoms with E-state index in [1.54, 1.807) is 12.1 Å². The summed E-state index contributed by atoms with van der Waals surface area (Å²) in [6, 6.07) is 17.1. The molecule has 0 spiro atoms. The summed E-state index contributed by atoms with van der Waals surface area (Å²) >= 11 is 0. The van der Waals surface area contributed by atoms with E-state index >= 15 is 0 Å². The number of nitrogens with zero attached hydrogens (tertiary/aromatic N) is 1. The number of imide groups is 1. The first-order valence-electron chi connectivity index (χ1n) is 9.04. The van der Waals surface area contributed by atoms with E-state index in [2.05, 4.69) is 0 Å². The average Bonchev–Trinajstić information content (AvgIpc) is 3.28. The number of aliphatic hydroxyl groups excluding tert-OH is 1. The monoisotopic (exact) mass is 361 g/mol. The molecule has 1 N–H and O–H groups in total. The fourth-order valence-electron chi connectivity index (χ4n) is 4.81. The molecule has 0 aromatic heterocycles. The molecule has 0 radical (unpaired) electrons. The number of fused-ring (bicyclic) bond motifs is 5. The Balaban J connectivity index is 1.64. The predicted molar refractivity (Wildman–Crippen MR) is 99.8 cm³/mol. The van der Waals surface area contributed by atoms with Crippen molar-refractivity contribution in [1.82, 2.24) is 0 Å². The van der Waals surface area contributed by atoms with Crippen molar-refractivity contribution in [1.29, 1.82) is 0 Å². The summed E-state index contributed by atoms with van der Waals surface area (Å²) in [5, 5.41) is 9.94. The summed E-state index contributed by atoms with van der Waals surface area (Å²) in [6.07, 6.45) is 3.55. The summed E-state index contributed by atoms with van der Waals surface area (Å²) in [4.78, 5) is 28.0. The van der Waals surface area contributed by atoms with E-state index in [9.17, 15) is 14.7 Å². The number of aliphatic hydroxyl groups is 1. The third-order valence-electron chi connectivity index (χ3n) is 6.03. The standard InChI is InChI=1S/C22H19NO4/c1-21-11-12-22(13-24,27-21)18-17(21)19(25)23(20(18)26)16-10-6-5-9-15(16)14-7-3-2-4-8-14/h2-12,17-18,24H,13H2,1H3/t17-,18-,21-,22-/m1/s1. The van der Waals surface area contributed by atoms with E-state index < -0.39 is 23.0 Å². The molecule has 3 aliphatic heterocycles. The molecule has 0 aliphatic carbocycles. The first kappa shape index (κ1) is 16.4. The molecule has 2 amide bonds. The van der Waals surface area contributed by atoms with Crippen molar-refractivity contribution in [2.45, 2.75) is 18.1 Å². The molecule has 5 nitrogen and oxygen atoms in total. The van der Waals surface area contributed by atoms with E-state index in [-0.39, 0.29) is 18.4 Å². The summed E-state index contributed by atoms with van der Waals surface area (Å²) in [6.45, 7) is 1.48. The van der Waals surface area contributed by atoms with Crippen LogP contribution in [0.4, 0.5) is 5.69 Å². The summed E-state index contributed by atoms with van der Waals surface area (Å²) in [7, 11) is 0. The Morgan fingerprint density at radius 1 is 0.963 bits per heavy atom. The highest BCUT2D eigenvalue weighted by Crippen LogP contribution is 2.57. The Kier molecular flexibility index (Phi) is 3.27. The summed E-state index contributed by atoms with van der Waals surface area (Å²) < 4.78 is 5.97. The van der Waals surface area contributed by atoms with E-state index in [1.165, 1.54) is 4.90 Å². The molecule has 27 heavy (non-hydrogen) atoms. The lowest BCUT2D eigenvalue weighted by Crippen LogP contribution is -2.43. The Morgan fingerprint density at radius 3 is 2.37 bits per heavy atom. The zero-order valence-corrected chi connectivity index (χ0v) is 14.8. The number of carbonyl (C=O) groups excluding carboxylic acids is 2. The normalized spacial score (nSPS) is 33.8. The van der Waals surface area contributed by atoms with Crippen molar-refractivity contribution < 1.29 is 19.4 Å². The number of rotatable bonds is 3. The minimum Gasteiger partial charge on any atom is -0.393 e. The lowest BCUT2D eigenvalue weighted by molar-refractivity contribution is -0.131. The molecular weight excluding hydrogens is 342 g/mol. The number of benzene rings is 2. The van der Waals surface area contributed by atoms with Gasteiger partial charge in [-0.15, -0.1) is 0 Å². The number of hydrogen-bond acceptors (Lipinski definition) is 4. The third-order valence-corrected chi connectivity index (χ3v) is 6.03. The fraction of sp³-hybridized carbons (Fsp3) is 0.273. The van der Waals surface area contributed by atoms with Gasteiger partial charge in [0.1, 0.15) is 5.60 Å². The molecule has 2 aromatic carbocycles. The van der Waals surface area contributed by atoms with Crippen LogP contribution in [-0.2, 0) is 14.3 Å². The summed E-state index contributed by atoms with van der Waals surface area (Å²) in [5.74, 6) is -1.90. The smallest absolute Gasteiger partial charge is 0.241 e. The minimum absolute atomic E-state index is 0.268. The van der Waals surface area contributed by atoms with E-state index in [4.69, 9.17) is 4.74 Å². The van der Waals surface area contributed by atoms with Gasteiger partial charge in [-0.2, -0.15) is 0 Å². The number of anilines is 1. The quantitative estimate of drug-likeness (QED) is 0.674. The van der Waals surface area contributed by atoms with Gasteiger partial charge in [0.2, 0.25) is 11.8 Å². The third kappa shape index (κ3) is 2.01. The molecule has 2 bridgehead atoms. The molecule has 2 fully saturated rings. The van der Waals surface area contributed by atoms with Gasteiger partial charge in [-0.3, -0.25) is 9.59 Å². The Labute approximate surface area is 156 Å². The van der Waals surface area contributed by atoms with Crippen molar-refractivity contribution >= 4 is 17.5 Å². The second-order valence-electron chi connectivity index (χ2n) is 7.58. The second-order valence-corrected chi connectivity index (χ2v) is 7.58. The van der Waals surface area contributed by atoms with Crippen LogP contribution in [0.25, 0.3) is 11.1 Å². The minimum atomic E-state index is -1.11. The molecule has 0 saturated carbocycles. The Hall–Kier alpha value is -2.76. The van der Waals surface area contributed by atoms with Gasteiger partial charge in [0, 0.05) is 5.56 Å².